The maximum Gasteiger partial charge on any atom is 0.296 e. The average molecular weight is 284 g/mol. The minimum absolute atomic E-state index is 0.272. The van der Waals surface area contributed by atoms with E-state index in [1.165, 1.54) is 0 Å². The quantitative estimate of drug-likeness (QED) is 0.510. The fourth-order valence-electron chi connectivity index (χ4n) is 1.91. The van der Waals surface area contributed by atoms with Crippen molar-refractivity contribution in [2.24, 2.45) is 0 Å². The summed E-state index contributed by atoms with van der Waals surface area (Å²) in [6.45, 7) is 4.47. The molecular weight excluding hydrogens is 260 g/mol. The van der Waals surface area contributed by atoms with Gasteiger partial charge in [0.2, 0.25) is 0 Å². The molecule has 0 aromatic heterocycles. The minimum Gasteiger partial charge on any atom is -0.266 e. The smallest absolute Gasteiger partial charge is 0.266 e. The zero-order valence-corrected chi connectivity index (χ0v) is 12.7. The fourth-order valence-corrected chi connectivity index (χ4v) is 2.92. The third-order valence-electron chi connectivity index (χ3n) is 2.96. The highest BCUT2D eigenvalue weighted by atomic mass is 32.2. The Morgan fingerprint density at radius 1 is 1.05 bits per heavy atom. The lowest BCUT2D eigenvalue weighted by Crippen LogP contribution is -2.08. The molecule has 1 aromatic carbocycles. The van der Waals surface area contributed by atoms with E-state index in [4.69, 9.17) is 4.18 Å². The molecule has 0 aliphatic heterocycles. The van der Waals surface area contributed by atoms with E-state index in [2.05, 4.69) is 13.8 Å². The topological polar surface area (TPSA) is 43.4 Å². The fraction of sp³-hybridized carbons (Fsp3) is 0.600. The second-order valence-corrected chi connectivity index (χ2v) is 6.35. The summed E-state index contributed by atoms with van der Waals surface area (Å²) in [6, 6.07) is 7.04. The predicted molar refractivity (Wildman–Crippen MR) is 77.7 cm³/mol. The minimum atomic E-state index is -3.59. The van der Waals surface area contributed by atoms with Crippen LogP contribution in [0.5, 0.6) is 0 Å². The van der Waals surface area contributed by atoms with E-state index in [1.807, 2.05) is 6.07 Å². The van der Waals surface area contributed by atoms with Crippen molar-refractivity contribution < 1.29 is 12.6 Å². The van der Waals surface area contributed by atoms with E-state index in [1.54, 1.807) is 18.2 Å². The predicted octanol–water partition coefficient (Wildman–Crippen LogP) is 3.92. The molecule has 3 nitrogen and oxygen atoms in total. The van der Waals surface area contributed by atoms with Crippen molar-refractivity contribution in [3.8, 4) is 0 Å². The highest BCUT2D eigenvalue weighted by Crippen LogP contribution is 2.16. The zero-order valence-electron chi connectivity index (χ0n) is 11.9. The van der Waals surface area contributed by atoms with Crippen molar-refractivity contribution >= 4 is 10.1 Å². The van der Waals surface area contributed by atoms with Gasteiger partial charge in [-0.15, -0.1) is 0 Å². The van der Waals surface area contributed by atoms with Crippen molar-refractivity contribution in [1.29, 1.82) is 0 Å². The van der Waals surface area contributed by atoms with Crippen molar-refractivity contribution in [2.75, 3.05) is 6.61 Å². The maximum absolute atomic E-state index is 12.0. The van der Waals surface area contributed by atoms with Gasteiger partial charge in [-0.3, -0.25) is 4.18 Å². The van der Waals surface area contributed by atoms with Gasteiger partial charge in [0.15, 0.2) is 0 Å². The summed E-state index contributed by atoms with van der Waals surface area (Å²) in [7, 11) is -3.59. The van der Waals surface area contributed by atoms with Gasteiger partial charge < -0.3 is 0 Å². The summed E-state index contributed by atoms with van der Waals surface area (Å²) < 4.78 is 29.1. The monoisotopic (exact) mass is 284 g/mol. The molecule has 19 heavy (non-hydrogen) atoms. The highest BCUT2D eigenvalue weighted by molar-refractivity contribution is 7.86. The first-order valence-electron chi connectivity index (χ1n) is 7.08. The molecule has 108 valence electrons. The lowest BCUT2D eigenvalue weighted by molar-refractivity contribution is 0.307. The largest absolute Gasteiger partial charge is 0.296 e. The van der Waals surface area contributed by atoms with Gasteiger partial charge in [-0.05, 0) is 30.5 Å². The van der Waals surface area contributed by atoms with Gasteiger partial charge in [0.1, 0.15) is 0 Å². The van der Waals surface area contributed by atoms with E-state index in [9.17, 15) is 8.42 Å². The first-order valence-corrected chi connectivity index (χ1v) is 8.49. The van der Waals surface area contributed by atoms with Crippen LogP contribution >= 0.6 is 0 Å². The third-order valence-corrected chi connectivity index (χ3v) is 4.27. The van der Waals surface area contributed by atoms with Gasteiger partial charge >= 0.3 is 0 Å². The molecule has 0 amide bonds. The summed E-state index contributed by atoms with van der Waals surface area (Å²) in [4.78, 5) is 0.272. The molecule has 0 saturated carbocycles. The van der Waals surface area contributed by atoms with Crippen molar-refractivity contribution in [1.82, 2.24) is 0 Å². The highest BCUT2D eigenvalue weighted by Gasteiger charge is 2.14. The maximum atomic E-state index is 12.0. The Hall–Kier alpha value is -0.870. The number of unbranched alkanes of at least 4 members (excludes halogenated alkanes) is 3. The van der Waals surface area contributed by atoms with Gasteiger partial charge in [0, 0.05) is 0 Å². The number of hydrogen-bond acceptors (Lipinski definition) is 3. The first-order chi connectivity index (χ1) is 9.10. The molecule has 1 rings (SSSR count). The second-order valence-electron chi connectivity index (χ2n) is 4.73. The second kappa shape index (κ2) is 8.33. The van der Waals surface area contributed by atoms with Gasteiger partial charge in [0.05, 0.1) is 11.5 Å². The Labute approximate surface area is 117 Å². The lowest BCUT2D eigenvalue weighted by atomic mass is 10.1. The molecule has 0 N–H and O–H groups in total. The Bertz CT molecular complexity index is 466. The van der Waals surface area contributed by atoms with Crippen LogP contribution in [0.3, 0.4) is 0 Å². The third kappa shape index (κ3) is 5.74. The van der Waals surface area contributed by atoms with Crippen molar-refractivity contribution in [2.45, 2.75) is 57.3 Å². The number of aryl methyl sites for hydroxylation is 1. The molecule has 0 spiro atoms. The Kier molecular flexibility index (Phi) is 7.10. The van der Waals surface area contributed by atoms with Crippen molar-refractivity contribution in [3.05, 3.63) is 29.8 Å². The summed E-state index contributed by atoms with van der Waals surface area (Å²) in [5.74, 6) is 0. The molecule has 4 heteroatoms. The van der Waals surface area contributed by atoms with Crippen LogP contribution in [0, 0.1) is 0 Å². The molecule has 0 radical (unpaired) electrons. The lowest BCUT2D eigenvalue weighted by Gasteiger charge is -2.07. The molecule has 0 fully saturated rings. The summed E-state index contributed by atoms with van der Waals surface area (Å²) in [6.07, 6.45) is 5.95. The molecule has 0 saturated heterocycles. The molecule has 0 aliphatic carbocycles. The Balaban J connectivity index is 2.58. The van der Waals surface area contributed by atoms with Crippen molar-refractivity contribution in [3.63, 3.8) is 0 Å². The van der Waals surface area contributed by atoms with E-state index in [0.717, 1.165) is 44.1 Å². The van der Waals surface area contributed by atoms with Crippen LogP contribution in [-0.2, 0) is 20.7 Å². The Morgan fingerprint density at radius 2 is 1.84 bits per heavy atom. The summed E-state index contributed by atoms with van der Waals surface area (Å²) in [5.41, 5.74) is 1.04. The molecule has 0 aliphatic rings. The van der Waals surface area contributed by atoms with E-state index < -0.39 is 10.1 Å². The first kappa shape index (κ1) is 16.2. The summed E-state index contributed by atoms with van der Waals surface area (Å²) in [5, 5.41) is 0. The zero-order chi connectivity index (χ0) is 14.1. The van der Waals surface area contributed by atoms with Gasteiger partial charge in [-0.1, -0.05) is 51.7 Å². The SMILES string of the molecule is CCCCCCOS(=O)(=O)c1cccc(CCC)c1. The van der Waals surface area contributed by atoms with Crippen LogP contribution in [-0.4, -0.2) is 15.0 Å². The molecule has 0 unspecified atom stereocenters. The number of benzene rings is 1. The van der Waals surface area contributed by atoms with Crippen LogP contribution < -0.4 is 0 Å². The van der Waals surface area contributed by atoms with E-state index in [-0.39, 0.29) is 11.5 Å². The van der Waals surface area contributed by atoms with E-state index in [0.29, 0.717) is 0 Å². The van der Waals surface area contributed by atoms with Gasteiger partial charge in [0.25, 0.3) is 10.1 Å². The normalized spacial score (nSPS) is 11.7. The standard InChI is InChI=1S/C15H24O3S/c1-3-5-6-7-12-18-19(16,17)15-11-8-10-14(13-15)9-4-2/h8,10-11,13H,3-7,9,12H2,1-2H3. The van der Waals surface area contributed by atoms with Crippen LogP contribution in [0.15, 0.2) is 29.2 Å². The van der Waals surface area contributed by atoms with Crippen LogP contribution in [0.2, 0.25) is 0 Å². The molecule has 0 heterocycles. The van der Waals surface area contributed by atoms with Crippen LogP contribution in [0.4, 0.5) is 0 Å². The van der Waals surface area contributed by atoms with Crippen LogP contribution in [0.1, 0.15) is 51.5 Å². The van der Waals surface area contributed by atoms with Gasteiger partial charge in [-0.25, -0.2) is 0 Å². The Morgan fingerprint density at radius 3 is 2.53 bits per heavy atom. The summed E-state index contributed by atoms with van der Waals surface area (Å²) >= 11 is 0. The molecular formula is C15H24O3S. The number of rotatable bonds is 9. The number of hydrogen-bond donors (Lipinski definition) is 0. The average Bonchev–Trinajstić information content (AvgIpc) is 2.39. The molecule has 0 atom stereocenters. The van der Waals surface area contributed by atoms with E-state index >= 15 is 0 Å². The van der Waals surface area contributed by atoms with Gasteiger partial charge in [-0.2, -0.15) is 8.42 Å². The van der Waals surface area contributed by atoms with Crippen LogP contribution in [0.25, 0.3) is 0 Å². The molecule has 1 aromatic rings. The molecule has 0 bridgehead atoms.